The molecular weight excluding hydrogens is 225 g/mol. The fraction of sp³-hybridized carbons (Fsp3) is 0.500. The first-order chi connectivity index (χ1) is 7.76. The first-order valence-corrected chi connectivity index (χ1v) is 6.61. The van der Waals surface area contributed by atoms with E-state index in [1.165, 1.54) is 12.1 Å². The standard InChI is InChI=1S/C12H18FNOS/c1-2-16-6-5-15-12-8-10(3-4-14)7-11(13)9-12/h7-9H,2-6,14H2,1H3. The highest BCUT2D eigenvalue weighted by molar-refractivity contribution is 7.99. The first-order valence-electron chi connectivity index (χ1n) is 5.46. The van der Waals surface area contributed by atoms with Crippen molar-refractivity contribution in [1.29, 1.82) is 0 Å². The van der Waals surface area contributed by atoms with Gasteiger partial charge in [-0.15, -0.1) is 0 Å². The zero-order valence-electron chi connectivity index (χ0n) is 9.54. The van der Waals surface area contributed by atoms with Crippen molar-refractivity contribution in [2.24, 2.45) is 5.73 Å². The Morgan fingerprint density at radius 1 is 1.38 bits per heavy atom. The molecule has 0 radical (unpaired) electrons. The van der Waals surface area contributed by atoms with Gasteiger partial charge in [0.05, 0.1) is 6.61 Å². The van der Waals surface area contributed by atoms with Crippen LogP contribution in [0.3, 0.4) is 0 Å². The Labute approximate surface area is 100 Å². The molecular formula is C12H18FNOS. The highest BCUT2D eigenvalue weighted by atomic mass is 32.2. The van der Waals surface area contributed by atoms with Crippen LogP contribution < -0.4 is 10.5 Å². The van der Waals surface area contributed by atoms with E-state index in [4.69, 9.17) is 10.5 Å². The Bertz CT molecular complexity index is 320. The van der Waals surface area contributed by atoms with Gasteiger partial charge in [-0.05, 0) is 36.4 Å². The summed E-state index contributed by atoms with van der Waals surface area (Å²) in [5.41, 5.74) is 6.32. The summed E-state index contributed by atoms with van der Waals surface area (Å²) in [6.45, 7) is 3.24. The largest absolute Gasteiger partial charge is 0.493 e. The molecule has 0 saturated heterocycles. The molecule has 1 rings (SSSR count). The van der Waals surface area contributed by atoms with E-state index in [1.54, 1.807) is 0 Å². The molecule has 0 amide bonds. The number of hydrogen-bond acceptors (Lipinski definition) is 3. The van der Waals surface area contributed by atoms with Gasteiger partial charge >= 0.3 is 0 Å². The number of benzene rings is 1. The van der Waals surface area contributed by atoms with Crippen molar-refractivity contribution in [3.63, 3.8) is 0 Å². The molecule has 0 heterocycles. The van der Waals surface area contributed by atoms with Gasteiger partial charge in [0.25, 0.3) is 0 Å². The lowest BCUT2D eigenvalue weighted by atomic mass is 10.1. The molecule has 16 heavy (non-hydrogen) atoms. The monoisotopic (exact) mass is 243 g/mol. The Hall–Kier alpha value is -0.740. The van der Waals surface area contributed by atoms with Gasteiger partial charge in [-0.2, -0.15) is 11.8 Å². The summed E-state index contributed by atoms with van der Waals surface area (Å²) in [5, 5.41) is 0. The molecule has 0 spiro atoms. The normalized spacial score (nSPS) is 10.4. The third-order valence-corrected chi connectivity index (χ3v) is 2.93. The third-order valence-electron chi connectivity index (χ3n) is 2.06. The van der Waals surface area contributed by atoms with Crippen molar-refractivity contribution in [2.45, 2.75) is 13.3 Å². The number of rotatable bonds is 7. The van der Waals surface area contributed by atoms with E-state index in [9.17, 15) is 4.39 Å². The van der Waals surface area contributed by atoms with E-state index in [0.29, 0.717) is 25.3 Å². The average Bonchev–Trinajstić information content (AvgIpc) is 2.24. The van der Waals surface area contributed by atoms with Crippen molar-refractivity contribution < 1.29 is 9.13 Å². The summed E-state index contributed by atoms with van der Waals surface area (Å²) in [6.07, 6.45) is 0.678. The Balaban J connectivity index is 2.51. The molecule has 2 nitrogen and oxygen atoms in total. The van der Waals surface area contributed by atoms with Crippen LogP contribution in [0, 0.1) is 5.82 Å². The van der Waals surface area contributed by atoms with Crippen molar-refractivity contribution >= 4 is 11.8 Å². The number of halogens is 1. The van der Waals surface area contributed by atoms with Crippen molar-refractivity contribution in [3.8, 4) is 5.75 Å². The van der Waals surface area contributed by atoms with Crippen LogP contribution >= 0.6 is 11.8 Å². The predicted octanol–water partition coefficient (Wildman–Crippen LogP) is 2.46. The maximum Gasteiger partial charge on any atom is 0.127 e. The van der Waals surface area contributed by atoms with Crippen LogP contribution in [0.5, 0.6) is 5.75 Å². The van der Waals surface area contributed by atoms with Crippen LogP contribution in [0.2, 0.25) is 0 Å². The minimum atomic E-state index is -0.260. The van der Waals surface area contributed by atoms with Gasteiger partial charge in [0, 0.05) is 11.8 Å². The maximum atomic E-state index is 13.2. The zero-order chi connectivity index (χ0) is 11.8. The lowest BCUT2D eigenvalue weighted by molar-refractivity contribution is 0.341. The Morgan fingerprint density at radius 3 is 2.88 bits per heavy atom. The highest BCUT2D eigenvalue weighted by Crippen LogP contribution is 2.17. The van der Waals surface area contributed by atoms with Crippen LogP contribution in [-0.4, -0.2) is 24.7 Å². The molecule has 0 aliphatic carbocycles. The van der Waals surface area contributed by atoms with Crippen LogP contribution in [0.25, 0.3) is 0 Å². The second-order valence-corrected chi connectivity index (χ2v) is 4.77. The fourth-order valence-electron chi connectivity index (χ4n) is 1.38. The molecule has 0 bridgehead atoms. The van der Waals surface area contributed by atoms with E-state index in [2.05, 4.69) is 6.92 Å². The number of hydrogen-bond donors (Lipinski definition) is 1. The molecule has 0 aromatic heterocycles. The number of nitrogens with two attached hydrogens (primary N) is 1. The molecule has 1 aromatic carbocycles. The minimum Gasteiger partial charge on any atom is -0.493 e. The quantitative estimate of drug-likeness (QED) is 0.747. The Morgan fingerprint density at radius 2 is 2.19 bits per heavy atom. The molecule has 4 heteroatoms. The van der Waals surface area contributed by atoms with Gasteiger partial charge < -0.3 is 10.5 Å². The van der Waals surface area contributed by atoms with Gasteiger partial charge in [-0.1, -0.05) is 6.92 Å². The molecule has 0 atom stereocenters. The van der Waals surface area contributed by atoms with Crippen molar-refractivity contribution in [3.05, 3.63) is 29.6 Å². The van der Waals surface area contributed by atoms with Crippen molar-refractivity contribution in [2.75, 3.05) is 24.7 Å². The second kappa shape index (κ2) is 7.52. The summed E-state index contributed by atoms with van der Waals surface area (Å²) >= 11 is 1.81. The predicted molar refractivity (Wildman–Crippen MR) is 67.7 cm³/mol. The smallest absolute Gasteiger partial charge is 0.127 e. The minimum absolute atomic E-state index is 0.260. The molecule has 0 saturated carbocycles. The van der Waals surface area contributed by atoms with Crippen LogP contribution in [-0.2, 0) is 6.42 Å². The fourth-order valence-corrected chi connectivity index (χ4v) is 1.87. The van der Waals surface area contributed by atoms with Gasteiger partial charge in [0.2, 0.25) is 0 Å². The highest BCUT2D eigenvalue weighted by Gasteiger charge is 2.01. The lowest BCUT2D eigenvalue weighted by Crippen LogP contribution is -2.05. The van der Waals surface area contributed by atoms with E-state index >= 15 is 0 Å². The third kappa shape index (κ3) is 4.86. The van der Waals surface area contributed by atoms with Gasteiger partial charge in [-0.3, -0.25) is 0 Å². The summed E-state index contributed by atoms with van der Waals surface area (Å²) in [7, 11) is 0. The molecule has 2 N–H and O–H groups in total. The summed E-state index contributed by atoms with van der Waals surface area (Å²) < 4.78 is 18.7. The first kappa shape index (κ1) is 13.3. The average molecular weight is 243 g/mol. The molecule has 0 aliphatic heterocycles. The molecule has 0 unspecified atom stereocenters. The van der Waals surface area contributed by atoms with E-state index < -0.39 is 0 Å². The summed E-state index contributed by atoms with van der Waals surface area (Å²) in [4.78, 5) is 0. The van der Waals surface area contributed by atoms with Gasteiger partial charge in [0.1, 0.15) is 11.6 Å². The van der Waals surface area contributed by atoms with E-state index in [0.717, 1.165) is 17.1 Å². The van der Waals surface area contributed by atoms with Crippen LogP contribution in [0.1, 0.15) is 12.5 Å². The molecule has 0 fully saturated rings. The Kier molecular flexibility index (Phi) is 6.26. The van der Waals surface area contributed by atoms with Gasteiger partial charge in [0.15, 0.2) is 0 Å². The molecule has 1 aromatic rings. The topological polar surface area (TPSA) is 35.2 Å². The van der Waals surface area contributed by atoms with Crippen molar-refractivity contribution in [1.82, 2.24) is 0 Å². The zero-order valence-corrected chi connectivity index (χ0v) is 10.4. The SMILES string of the molecule is CCSCCOc1cc(F)cc(CCN)c1. The van der Waals surface area contributed by atoms with Crippen LogP contribution in [0.15, 0.2) is 18.2 Å². The van der Waals surface area contributed by atoms with Crippen LogP contribution in [0.4, 0.5) is 4.39 Å². The number of ether oxygens (including phenoxy) is 1. The lowest BCUT2D eigenvalue weighted by Gasteiger charge is -2.07. The molecule has 90 valence electrons. The maximum absolute atomic E-state index is 13.2. The second-order valence-electron chi connectivity index (χ2n) is 3.38. The number of thioether (sulfide) groups is 1. The van der Waals surface area contributed by atoms with E-state index in [1.807, 2.05) is 17.8 Å². The summed E-state index contributed by atoms with van der Waals surface area (Å²) in [6, 6.07) is 4.77. The summed E-state index contributed by atoms with van der Waals surface area (Å²) in [5.74, 6) is 2.34. The van der Waals surface area contributed by atoms with E-state index in [-0.39, 0.29) is 5.82 Å². The molecule has 0 aliphatic rings. The van der Waals surface area contributed by atoms with Gasteiger partial charge in [-0.25, -0.2) is 4.39 Å².